The van der Waals surface area contributed by atoms with Gasteiger partial charge in [0.05, 0.1) is 26.4 Å². The molecule has 2 aromatic carbocycles. The van der Waals surface area contributed by atoms with Crippen LogP contribution in [0.5, 0.6) is 11.5 Å². The monoisotopic (exact) mass is 742 g/mol. The van der Waals surface area contributed by atoms with Crippen molar-refractivity contribution < 1.29 is 64.1 Å². The van der Waals surface area contributed by atoms with Crippen LogP contribution in [-0.4, -0.2) is 36.6 Å². The van der Waals surface area contributed by atoms with Gasteiger partial charge in [0.25, 0.3) is 0 Å². The van der Waals surface area contributed by atoms with E-state index in [1.54, 1.807) is 0 Å². The minimum Gasteiger partial charge on any atom is -0.566 e. The molecule has 0 aliphatic heterocycles. The Bertz CT molecular complexity index is 1150. The third kappa shape index (κ3) is 16.2. The maximum atomic E-state index is 10.6. The summed E-state index contributed by atoms with van der Waals surface area (Å²) < 4.78 is 40.5. The van der Waals surface area contributed by atoms with Crippen LogP contribution in [0.15, 0.2) is 24.3 Å². The molecule has 0 heterocycles. The molecule has 0 spiro atoms. The number of aromatic hydroxyl groups is 2. The van der Waals surface area contributed by atoms with E-state index in [2.05, 4.69) is 92.1 Å². The van der Waals surface area contributed by atoms with E-state index in [4.69, 9.17) is 9.47 Å². The molecule has 0 fully saturated rings. The number of hydrogen-bond donors (Lipinski definition) is 2. The fourth-order valence-electron chi connectivity index (χ4n) is 4.56. The summed E-state index contributed by atoms with van der Waals surface area (Å²) in [7, 11) is -5.66. The molecule has 2 atom stereocenters. The van der Waals surface area contributed by atoms with Gasteiger partial charge in [-0.05, 0) is 88.4 Å². The third-order valence-corrected chi connectivity index (χ3v) is 7.74. The van der Waals surface area contributed by atoms with Crippen molar-refractivity contribution in [3.05, 3.63) is 57.6 Å². The summed E-state index contributed by atoms with van der Waals surface area (Å²) >= 11 is 0. The SMILES string of the molecule is CC(C)(C)c1cc(COCCO[P+](=O)[O-])cc(C(C)(C)C)c1O.CC(C)(C)c1cc(COCCO[P+](=O)[O-])cc(C(C)(C)C)c1O.[Ni+2]. The first-order valence-corrected chi connectivity index (χ1v) is 17.5. The molecule has 47 heavy (non-hydrogen) atoms. The van der Waals surface area contributed by atoms with Gasteiger partial charge in [0.2, 0.25) is 0 Å². The first-order chi connectivity index (χ1) is 20.9. The standard InChI is InChI=1S/2C17H27O5P.Ni/c2*1-16(2,3)13-9-12(11-21-7-8-22-23(19)20)10-14(15(13)18)17(4,5)6;/h2*9-10,18H,7-8,11H2,1-6H3;/q;;+2. The summed E-state index contributed by atoms with van der Waals surface area (Å²) in [5.74, 6) is 0.667. The van der Waals surface area contributed by atoms with Gasteiger partial charge in [-0.1, -0.05) is 83.1 Å². The smallest absolute Gasteiger partial charge is 0.566 e. The summed E-state index contributed by atoms with van der Waals surface area (Å²) in [4.78, 5) is 20.6. The second-order valence-corrected chi connectivity index (χ2v) is 16.7. The minimum atomic E-state index is -2.83. The van der Waals surface area contributed by atoms with E-state index >= 15 is 0 Å². The topological polar surface area (TPSA) is 158 Å². The van der Waals surface area contributed by atoms with Crippen molar-refractivity contribution in [3.8, 4) is 11.5 Å². The van der Waals surface area contributed by atoms with E-state index in [1.165, 1.54) is 0 Å². The van der Waals surface area contributed by atoms with Crippen LogP contribution in [0.3, 0.4) is 0 Å². The summed E-state index contributed by atoms with van der Waals surface area (Å²) in [6.07, 6.45) is 0. The summed E-state index contributed by atoms with van der Waals surface area (Å²) in [5.41, 5.74) is 4.64. The van der Waals surface area contributed by atoms with Crippen LogP contribution in [0.25, 0.3) is 0 Å². The molecular formula is C34H54NiO10P2+2. The largest absolute Gasteiger partial charge is 2.00 e. The molecule has 2 aromatic rings. The number of benzene rings is 2. The van der Waals surface area contributed by atoms with E-state index < -0.39 is 16.5 Å². The Kier molecular flexibility index (Phi) is 18.4. The van der Waals surface area contributed by atoms with Crippen molar-refractivity contribution in [2.75, 3.05) is 26.4 Å². The van der Waals surface area contributed by atoms with Gasteiger partial charge in [-0.2, -0.15) is 0 Å². The Morgan fingerprint density at radius 1 is 0.532 bits per heavy atom. The maximum Gasteiger partial charge on any atom is 2.00 e. The first kappa shape index (κ1) is 45.5. The van der Waals surface area contributed by atoms with E-state index in [1.807, 2.05) is 24.3 Å². The maximum absolute atomic E-state index is 10.6. The Balaban J connectivity index is 0.000000882. The molecule has 0 saturated heterocycles. The molecule has 0 radical (unpaired) electrons. The fourth-order valence-corrected chi connectivity index (χ4v) is 5.01. The molecule has 13 heteroatoms. The fraction of sp³-hybridized carbons (Fsp3) is 0.647. The van der Waals surface area contributed by atoms with Crippen LogP contribution in [0.2, 0.25) is 0 Å². The zero-order valence-electron chi connectivity index (χ0n) is 29.9. The van der Waals surface area contributed by atoms with Crippen LogP contribution in [0.1, 0.15) is 116 Å². The number of ether oxygens (including phenoxy) is 2. The predicted octanol–water partition coefficient (Wildman–Crippen LogP) is 7.07. The van der Waals surface area contributed by atoms with Crippen molar-refractivity contribution in [1.82, 2.24) is 0 Å². The molecule has 0 saturated carbocycles. The summed E-state index contributed by atoms with van der Waals surface area (Å²) in [6.45, 7) is 25.7. The number of phenols is 2. The Labute approximate surface area is 293 Å². The molecule has 2 rings (SSSR count). The molecule has 2 unspecified atom stereocenters. The second-order valence-electron chi connectivity index (χ2n) is 15.3. The van der Waals surface area contributed by atoms with E-state index in [9.17, 15) is 29.1 Å². The van der Waals surface area contributed by atoms with Gasteiger partial charge in [-0.25, -0.2) is 0 Å². The Morgan fingerprint density at radius 3 is 0.957 bits per heavy atom. The zero-order valence-corrected chi connectivity index (χ0v) is 32.7. The molecule has 0 aliphatic carbocycles. The Hall–Kier alpha value is -1.51. The van der Waals surface area contributed by atoms with E-state index in [-0.39, 0.29) is 64.6 Å². The molecule has 0 aliphatic rings. The van der Waals surface area contributed by atoms with Crippen molar-refractivity contribution in [2.45, 2.75) is 118 Å². The van der Waals surface area contributed by atoms with Crippen LogP contribution >= 0.6 is 16.5 Å². The van der Waals surface area contributed by atoms with Crippen LogP contribution < -0.4 is 9.79 Å². The third-order valence-electron chi connectivity index (χ3n) is 6.96. The molecule has 10 nitrogen and oxygen atoms in total. The van der Waals surface area contributed by atoms with Gasteiger partial charge >= 0.3 is 33.0 Å². The van der Waals surface area contributed by atoms with Gasteiger partial charge in [-0.15, -0.1) is 9.05 Å². The van der Waals surface area contributed by atoms with Crippen molar-refractivity contribution in [3.63, 3.8) is 0 Å². The Morgan fingerprint density at radius 2 is 0.766 bits per heavy atom. The van der Waals surface area contributed by atoms with Crippen LogP contribution in [0, 0.1) is 0 Å². The van der Waals surface area contributed by atoms with E-state index in [0.29, 0.717) is 24.7 Å². The summed E-state index contributed by atoms with van der Waals surface area (Å²) in [6, 6.07) is 7.78. The molecule has 2 N–H and O–H groups in total. The van der Waals surface area contributed by atoms with E-state index in [0.717, 1.165) is 33.4 Å². The molecule has 268 valence electrons. The van der Waals surface area contributed by atoms with Gasteiger partial charge in [-0.3, -0.25) is 0 Å². The normalized spacial score (nSPS) is 13.0. The quantitative estimate of drug-likeness (QED) is 0.131. The number of rotatable bonds is 12. The van der Waals surface area contributed by atoms with Crippen LogP contribution in [0.4, 0.5) is 0 Å². The average molecular weight is 743 g/mol. The molecule has 0 amide bonds. The summed E-state index contributed by atoms with van der Waals surface area (Å²) in [5, 5.41) is 21.3. The minimum absolute atomic E-state index is 0. The van der Waals surface area contributed by atoms with Crippen LogP contribution in [-0.2, 0) is 79.0 Å². The van der Waals surface area contributed by atoms with Gasteiger partial charge < -0.3 is 29.5 Å². The van der Waals surface area contributed by atoms with Gasteiger partial charge in [0.1, 0.15) is 24.7 Å². The predicted molar refractivity (Wildman–Crippen MR) is 177 cm³/mol. The number of hydrogen-bond acceptors (Lipinski definition) is 10. The van der Waals surface area contributed by atoms with Crippen molar-refractivity contribution >= 4 is 16.5 Å². The first-order valence-electron chi connectivity index (χ1n) is 15.3. The second kappa shape index (κ2) is 19.0. The average Bonchev–Trinajstić information content (AvgIpc) is 2.87. The van der Waals surface area contributed by atoms with Gasteiger partial charge in [0.15, 0.2) is 0 Å². The molecular weight excluding hydrogens is 689 g/mol. The number of phenolic OH excluding ortho intramolecular Hbond substituents is 2. The molecule has 0 aromatic heterocycles. The molecule has 0 bridgehead atoms. The van der Waals surface area contributed by atoms with Crippen molar-refractivity contribution in [2.24, 2.45) is 0 Å². The zero-order chi connectivity index (χ0) is 35.7. The van der Waals surface area contributed by atoms with Crippen molar-refractivity contribution in [1.29, 1.82) is 0 Å². The van der Waals surface area contributed by atoms with Gasteiger partial charge in [0, 0.05) is 0 Å².